The number of nitrogens with zero attached hydrogens (tertiary/aromatic N) is 3. The van der Waals surface area contributed by atoms with Crippen molar-refractivity contribution < 1.29 is 4.42 Å². The fraction of sp³-hybridized carbons (Fsp3) is 0.333. The molecule has 5 heteroatoms. The van der Waals surface area contributed by atoms with Gasteiger partial charge in [0.15, 0.2) is 0 Å². The lowest BCUT2D eigenvalue weighted by Gasteiger charge is -2.14. The zero-order chi connectivity index (χ0) is 13.5. The molecule has 0 spiro atoms. The van der Waals surface area contributed by atoms with Crippen molar-refractivity contribution in [2.45, 2.75) is 18.9 Å². The van der Waals surface area contributed by atoms with Crippen LogP contribution in [-0.4, -0.2) is 33.7 Å². The van der Waals surface area contributed by atoms with E-state index in [1.165, 1.54) is 6.42 Å². The predicted octanol–water partition coefficient (Wildman–Crippen LogP) is 2.98. The molecule has 4 rings (SSSR count). The molecule has 1 aliphatic rings. The molecule has 102 valence electrons. The van der Waals surface area contributed by atoms with Gasteiger partial charge in [0.1, 0.15) is 0 Å². The van der Waals surface area contributed by atoms with E-state index in [1.807, 2.05) is 24.4 Å². The first-order chi connectivity index (χ1) is 9.81. The van der Waals surface area contributed by atoms with Crippen LogP contribution in [-0.2, 0) is 0 Å². The molecular weight excluding hydrogens is 252 g/mol. The third-order valence-electron chi connectivity index (χ3n) is 4.05. The molecule has 0 radical (unpaired) electrons. The highest BCUT2D eigenvalue weighted by atomic mass is 16.4. The lowest BCUT2D eigenvalue weighted by atomic mass is 10.1. The summed E-state index contributed by atoms with van der Waals surface area (Å²) in [4.78, 5) is 5.45. The third kappa shape index (κ3) is 1.82. The van der Waals surface area contributed by atoms with E-state index in [4.69, 9.17) is 4.42 Å². The van der Waals surface area contributed by atoms with Crippen LogP contribution in [0.5, 0.6) is 0 Å². The molecule has 1 aliphatic heterocycles. The Morgan fingerprint density at radius 3 is 3.10 bits per heavy atom. The van der Waals surface area contributed by atoms with E-state index in [1.54, 1.807) is 0 Å². The van der Waals surface area contributed by atoms with Gasteiger partial charge in [0.05, 0.1) is 6.04 Å². The Hall–Kier alpha value is -2.14. The van der Waals surface area contributed by atoms with Crippen molar-refractivity contribution in [2.75, 3.05) is 13.6 Å². The number of likely N-dealkylation sites (tertiary alicyclic amines) is 1. The molecule has 3 heterocycles. The van der Waals surface area contributed by atoms with E-state index in [-0.39, 0.29) is 6.04 Å². The van der Waals surface area contributed by atoms with Gasteiger partial charge in [0.25, 0.3) is 0 Å². The van der Waals surface area contributed by atoms with E-state index < -0.39 is 0 Å². The summed E-state index contributed by atoms with van der Waals surface area (Å²) in [5.41, 5.74) is 2.08. The van der Waals surface area contributed by atoms with Gasteiger partial charge in [-0.15, -0.1) is 10.2 Å². The maximum absolute atomic E-state index is 5.88. The second-order valence-corrected chi connectivity index (χ2v) is 5.36. The van der Waals surface area contributed by atoms with Crippen LogP contribution in [0.1, 0.15) is 24.8 Å². The van der Waals surface area contributed by atoms with Crippen LogP contribution < -0.4 is 0 Å². The first-order valence-corrected chi connectivity index (χ1v) is 6.92. The smallest absolute Gasteiger partial charge is 0.247 e. The second kappa shape index (κ2) is 4.45. The lowest BCUT2D eigenvalue weighted by Crippen LogP contribution is -2.17. The third-order valence-corrected chi connectivity index (χ3v) is 4.05. The summed E-state index contributed by atoms with van der Waals surface area (Å²) >= 11 is 0. The van der Waals surface area contributed by atoms with E-state index in [0.29, 0.717) is 5.89 Å². The van der Waals surface area contributed by atoms with Crippen LogP contribution in [0.15, 0.2) is 34.9 Å². The largest absolute Gasteiger partial charge is 0.419 e. The number of fused-ring (bicyclic) bond motifs is 1. The van der Waals surface area contributed by atoms with Crippen LogP contribution in [0, 0.1) is 0 Å². The number of H-pyrrole nitrogens is 1. The Labute approximate surface area is 116 Å². The van der Waals surface area contributed by atoms with Crippen molar-refractivity contribution in [3.8, 4) is 11.5 Å². The monoisotopic (exact) mass is 268 g/mol. The molecule has 1 N–H and O–H groups in total. The average Bonchev–Trinajstić information content (AvgIpc) is 3.17. The van der Waals surface area contributed by atoms with Crippen LogP contribution in [0.25, 0.3) is 22.4 Å². The standard InChI is InChI=1S/C15H16N4O/c1-19-8-2-3-13(19)15-18-17-14(20-15)11-4-5-12-10(9-11)6-7-16-12/h4-7,9,13,16H,2-3,8H2,1H3/t13-/m0/s1. The van der Waals surface area contributed by atoms with Gasteiger partial charge >= 0.3 is 0 Å². The highest BCUT2D eigenvalue weighted by Crippen LogP contribution is 2.31. The topological polar surface area (TPSA) is 58.0 Å². The minimum absolute atomic E-state index is 0.271. The lowest BCUT2D eigenvalue weighted by molar-refractivity contribution is 0.269. The number of hydrogen-bond donors (Lipinski definition) is 1. The number of rotatable bonds is 2. The molecule has 5 nitrogen and oxygen atoms in total. The summed E-state index contributed by atoms with van der Waals surface area (Å²) in [6, 6.07) is 8.43. The summed E-state index contributed by atoms with van der Waals surface area (Å²) < 4.78 is 5.88. The zero-order valence-electron chi connectivity index (χ0n) is 11.3. The molecule has 1 atom stereocenters. The SMILES string of the molecule is CN1CCC[C@H]1c1nnc(-c2ccc3[nH]ccc3c2)o1. The molecule has 1 saturated heterocycles. The fourth-order valence-corrected chi connectivity index (χ4v) is 2.89. The van der Waals surface area contributed by atoms with Crippen molar-refractivity contribution in [3.63, 3.8) is 0 Å². The minimum atomic E-state index is 0.271. The molecule has 0 saturated carbocycles. The predicted molar refractivity (Wildman–Crippen MR) is 76.2 cm³/mol. The fourth-order valence-electron chi connectivity index (χ4n) is 2.89. The number of aromatic amines is 1. The molecule has 0 aliphatic carbocycles. The molecule has 2 aromatic heterocycles. The maximum Gasteiger partial charge on any atom is 0.247 e. The molecule has 20 heavy (non-hydrogen) atoms. The van der Waals surface area contributed by atoms with E-state index in [0.717, 1.165) is 35.3 Å². The van der Waals surface area contributed by atoms with E-state index in [9.17, 15) is 0 Å². The Bertz CT molecular complexity index is 745. The van der Waals surface area contributed by atoms with Gasteiger partial charge in [-0.1, -0.05) is 0 Å². The number of hydrogen-bond acceptors (Lipinski definition) is 4. The first-order valence-electron chi connectivity index (χ1n) is 6.92. The summed E-state index contributed by atoms with van der Waals surface area (Å²) in [6.45, 7) is 1.09. The van der Waals surface area contributed by atoms with Gasteiger partial charge < -0.3 is 9.40 Å². The van der Waals surface area contributed by atoms with Crippen molar-refractivity contribution in [3.05, 3.63) is 36.4 Å². The van der Waals surface area contributed by atoms with Crippen molar-refractivity contribution >= 4 is 10.9 Å². The summed E-state index contributed by atoms with van der Waals surface area (Å²) in [6.07, 6.45) is 4.21. The van der Waals surface area contributed by atoms with Gasteiger partial charge in [0.2, 0.25) is 11.8 Å². The number of aromatic nitrogens is 3. The number of benzene rings is 1. The molecule has 3 aromatic rings. The Kier molecular flexibility index (Phi) is 2.60. The normalized spacial score (nSPS) is 19.9. The molecular formula is C15H16N4O. The summed E-state index contributed by atoms with van der Waals surface area (Å²) in [5.74, 6) is 1.33. The highest BCUT2D eigenvalue weighted by molar-refractivity contribution is 5.83. The van der Waals surface area contributed by atoms with Gasteiger partial charge in [-0.25, -0.2) is 0 Å². The zero-order valence-corrected chi connectivity index (χ0v) is 11.3. The quantitative estimate of drug-likeness (QED) is 0.776. The van der Waals surface area contributed by atoms with Crippen molar-refractivity contribution in [2.24, 2.45) is 0 Å². The minimum Gasteiger partial charge on any atom is -0.419 e. The van der Waals surface area contributed by atoms with Crippen LogP contribution in [0.2, 0.25) is 0 Å². The first kappa shape index (κ1) is 11.7. The van der Waals surface area contributed by atoms with Crippen LogP contribution >= 0.6 is 0 Å². The van der Waals surface area contributed by atoms with Crippen LogP contribution in [0.3, 0.4) is 0 Å². The highest BCUT2D eigenvalue weighted by Gasteiger charge is 2.27. The van der Waals surface area contributed by atoms with E-state index >= 15 is 0 Å². The van der Waals surface area contributed by atoms with Crippen molar-refractivity contribution in [1.82, 2.24) is 20.1 Å². The average molecular weight is 268 g/mol. The second-order valence-electron chi connectivity index (χ2n) is 5.36. The molecule has 1 fully saturated rings. The van der Waals surface area contributed by atoms with Gasteiger partial charge in [-0.05, 0) is 50.7 Å². The Balaban J connectivity index is 1.70. The van der Waals surface area contributed by atoms with Gasteiger partial charge in [-0.2, -0.15) is 0 Å². The van der Waals surface area contributed by atoms with E-state index in [2.05, 4.69) is 33.2 Å². The molecule has 1 aromatic carbocycles. The number of nitrogens with one attached hydrogen (secondary N) is 1. The Morgan fingerprint density at radius 1 is 1.30 bits per heavy atom. The summed E-state index contributed by atoms with van der Waals surface area (Å²) in [5, 5.41) is 9.58. The molecule has 0 bridgehead atoms. The molecule has 0 unspecified atom stereocenters. The summed E-state index contributed by atoms with van der Waals surface area (Å²) in [7, 11) is 2.10. The van der Waals surface area contributed by atoms with Crippen LogP contribution in [0.4, 0.5) is 0 Å². The molecule has 0 amide bonds. The van der Waals surface area contributed by atoms with Gasteiger partial charge in [-0.3, -0.25) is 4.90 Å². The maximum atomic E-state index is 5.88. The Morgan fingerprint density at radius 2 is 2.25 bits per heavy atom. The van der Waals surface area contributed by atoms with Crippen molar-refractivity contribution in [1.29, 1.82) is 0 Å². The van der Waals surface area contributed by atoms with Gasteiger partial charge in [0, 0.05) is 22.7 Å².